The van der Waals surface area contributed by atoms with E-state index in [2.05, 4.69) is 10.9 Å². The van der Waals surface area contributed by atoms with Gasteiger partial charge < -0.3 is 4.57 Å². The highest BCUT2D eigenvalue weighted by atomic mass is 35.5. The molecule has 0 aliphatic carbocycles. The number of benzene rings is 2. The number of aryl methyl sites for hydroxylation is 1. The first-order valence-electron chi connectivity index (χ1n) is 7.07. The fourth-order valence-electron chi connectivity index (χ4n) is 2.32. The molecule has 0 saturated heterocycles. The monoisotopic (exact) mass is 374 g/mol. The molecule has 0 atom stereocenters. The lowest BCUT2D eigenvalue weighted by atomic mass is 10.2. The Morgan fingerprint density at radius 2 is 2.08 bits per heavy atom. The normalized spacial score (nSPS) is 11.7. The third-order valence-electron chi connectivity index (χ3n) is 3.45. The molecule has 0 radical (unpaired) electrons. The van der Waals surface area contributed by atoms with E-state index in [1.807, 2.05) is 29.7 Å². The van der Waals surface area contributed by atoms with Gasteiger partial charge in [0.2, 0.25) is 0 Å². The van der Waals surface area contributed by atoms with Crippen LogP contribution in [0.2, 0.25) is 10.0 Å². The van der Waals surface area contributed by atoms with Crippen LogP contribution < -0.4 is 4.80 Å². The molecule has 1 aromatic heterocycles. The largest absolute Gasteiger partial charge is 0.305 e. The van der Waals surface area contributed by atoms with Gasteiger partial charge in [-0.3, -0.25) is 4.79 Å². The topological polar surface area (TPSA) is 34.4 Å². The highest BCUT2D eigenvalue weighted by molar-refractivity contribution is 7.16. The van der Waals surface area contributed by atoms with Crippen LogP contribution in [0.25, 0.3) is 10.2 Å². The van der Waals surface area contributed by atoms with E-state index >= 15 is 0 Å². The summed E-state index contributed by atoms with van der Waals surface area (Å²) < 4.78 is 2.88. The Hall–Kier alpha value is -2.06. The number of nitrogens with zero attached hydrogens (tertiary/aromatic N) is 2. The van der Waals surface area contributed by atoms with Gasteiger partial charge in [0.1, 0.15) is 0 Å². The molecule has 0 aliphatic rings. The van der Waals surface area contributed by atoms with Crippen molar-refractivity contribution in [3.8, 4) is 12.3 Å². The van der Waals surface area contributed by atoms with Gasteiger partial charge in [-0.05, 0) is 42.8 Å². The molecular formula is C18H12Cl2N2OS. The molecule has 0 spiro atoms. The molecule has 2 aromatic carbocycles. The summed E-state index contributed by atoms with van der Waals surface area (Å²) in [5.41, 5.74) is 2.40. The Morgan fingerprint density at radius 1 is 1.29 bits per heavy atom. The second-order valence-corrected chi connectivity index (χ2v) is 7.04. The van der Waals surface area contributed by atoms with E-state index in [1.165, 1.54) is 17.4 Å². The van der Waals surface area contributed by atoms with E-state index in [4.69, 9.17) is 29.6 Å². The maximum absolute atomic E-state index is 12.5. The minimum Gasteiger partial charge on any atom is -0.305 e. The van der Waals surface area contributed by atoms with Crippen LogP contribution in [0.5, 0.6) is 0 Å². The van der Waals surface area contributed by atoms with Crippen molar-refractivity contribution >= 4 is 50.7 Å². The first kappa shape index (κ1) is 16.8. The molecule has 24 heavy (non-hydrogen) atoms. The fourth-order valence-corrected chi connectivity index (χ4v) is 3.94. The van der Waals surface area contributed by atoms with Gasteiger partial charge in [-0.15, -0.1) is 6.42 Å². The predicted molar refractivity (Wildman–Crippen MR) is 99.7 cm³/mol. The maximum atomic E-state index is 12.5. The van der Waals surface area contributed by atoms with Gasteiger partial charge in [-0.1, -0.05) is 46.5 Å². The van der Waals surface area contributed by atoms with Crippen molar-refractivity contribution in [2.24, 2.45) is 4.99 Å². The molecule has 3 nitrogen and oxygen atoms in total. The number of carbonyl (C=O) groups is 1. The van der Waals surface area contributed by atoms with E-state index in [1.54, 1.807) is 12.1 Å². The highest BCUT2D eigenvalue weighted by Gasteiger charge is 2.12. The van der Waals surface area contributed by atoms with Crippen molar-refractivity contribution in [1.82, 2.24) is 4.57 Å². The van der Waals surface area contributed by atoms with Crippen LogP contribution in [0.3, 0.4) is 0 Å². The van der Waals surface area contributed by atoms with Gasteiger partial charge in [0, 0.05) is 5.02 Å². The number of carbonyl (C=O) groups excluding carboxylic acids is 1. The molecule has 0 bridgehead atoms. The molecule has 1 heterocycles. The number of aromatic nitrogens is 1. The number of hydrogen-bond donors (Lipinski definition) is 0. The van der Waals surface area contributed by atoms with Crippen molar-refractivity contribution in [3.63, 3.8) is 0 Å². The Morgan fingerprint density at radius 3 is 2.79 bits per heavy atom. The van der Waals surface area contributed by atoms with Crippen LogP contribution in [0.1, 0.15) is 15.9 Å². The van der Waals surface area contributed by atoms with Crippen LogP contribution in [-0.4, -0.2) is 10.5 Å². The Bertz CT molecular complexity index is 1060. The second kappa shape index (κ2) is 6.82. The molecular weight excluding hydrogens is 363 g/mol. The van der Waals surface area contributed by atoms with E-state index in [0.717, 1.165) is 15.8 Å². The third-order valence-corrected chi connectivity index (χ3v) is 5.04. The van der Waals surface area contributed by atoms with E-state index in [9.17, 15) is 4.79 Å². The van der Waals surface area contributed by atoms with E-state index in [-0.39, 0.29) is 5.02 Å². The number of hydrogen-bond acceptors (Lipinski definition) is 2. The first-order valence-corrected chi connectivity index (χ1v) is 8.64. The lowest BCUT2D eigenvalue weighted by Gasteiger charge is -2.01. The van der Waals surface area contributed by atoms with Gasteiger partial charge >= 0.3 is 0 Å². The Kier molecular flexibility index (Phi) is 4.77. The number of halogens is 2. The van der Waals surface area contributed by atoms with Crippen LogP contribution in [0.4, 0.5) is 0 Å². The van der Waals surface area contributed by atoms with Gasteiger partial charge in [0.25, 0.3) is 5.91 Å². The van der Waals surface area contributed by atoms with Gasteiger partial charge in [0.15, 0.2) is 4.80 Å². The summed E-state index contributed by atoms with van der Waals surface area (Å²) in [6.07, 6.45) is 5.46. The average molecular weight is 375 g/mol. The molecule has 120 valence electrons. The average Bonchev–Trinajstić information content (AvgIpc) is 2.84. The zero-order chi connectivity index (χ0) is 17.3. The molecule has 1 amide bonds. The first-order chi connectivity index (χ1) is 11.5. The van der Waals surface area contributed by atoms with Gasteiger partial charge in [-0.25, -0.2) is 0 Å². The molecule has 6 heteroatoms. The minimum atomic E-state index is -0.425. The van der Waals surface area contributed by atoms with Crippen LogP contribution in [0.15, 0.2) is 41.4 Å². The summed E-state index contributed by atoms with van der Waals surface area (Å²) in [4.78, 5) is 17.3. The van der Waals surface area contributed by atoms with E-state index in [0.29, 0.717) is 21.9 Å². The number of amides is 1. The molecule has 0 fully saturated rings. The molecule has 3 rings (SSSR count). The van der Waals surface area contributed by atoms with Crippen LogP contribution in [0, 0.1) is 19.3 Å². The van der Waals surface area contributed by atoms with Crippen molar-refractivity contribution in [3.05, 3.63) is 62.4 Å². The third kappa shape index (κ3) is 3.25. The molecule has 0 N–H and O–H groups in total. The van der Waals surface area contributed by atoms with Crippen LogP contribution in [-0.2, 0) is 6.54 Å². The number of terminal acetylenes is 1. The summed E-state index contributed by atoms with van der Waals surface area (Å²) in [5, 5.41) is 0.744. The standard InChI is InChI=1S/C18H12Cl2N2OS/c1-3-8-22-15-7-4-11(2)9-16(15)24-18(22)21-17(23)13-6-5-12(19)10-14(13)20/h1,4-7,9-10H,8H2,2H3. The smallest absolute Gasteiger partial charge is 0.281 e. The zero-order valence-electron chi connectivity index (χ0n) is 12.7. The van der Waals surface area contributed by atoms with Crippen molar-refractivity contribution in [2.45, 2.75) is 13.5 Å². The lowest BCUT2D eigenvalue weighted by molar-refractivity contribution is 0.0998. The summed E-state index contributed by atoms with van der Waals surface area (Å²) >= 11 is 13.4. The van der Waals surface area contributed by atoms with Crippen LogP contribution >= 0.6 is 34.5 Å². The highest BCUT2D eigenvalue weighted by Crippen LogP contribution is 2.22. The lowest BCUT2D eigenvalue weighted by Crippen LogP contribution is -2.16. The SMILES string of the molecule is C#CCn1c(=NC(=O)c2ccc(Cl)cc2Cl)sc2cc(C)ccc21. The molecule has 0 unspecified atom stereocenters. The Balaban J connectivity index is 2.17. The number of thiazole rings is 1. The van der Waals surface area contributed by atoms with Crippen molar-refractivity contribution in [2.75, 3.05) is 0 Å². The second-order valence-electron chi connectivity index (χ2n) is 5.19. The molecule has 0 saturated carbocycles. The number of rotatable bonds is 2. The summed E-state index contributed by atoms with van der Waals surface area (Å²) in [6.45, 7) is 2.35. The summed E-state index contributed by atoms with van der Waals surface area (Å²) in [6, 6.07) is 10.7. The summed E-state index contributed by atoms with van der Waals surface area (Å²) in [5.74, 6) is 2.18. The maximum Gasteiger partial charge on any atom is 0.281 e. The Labute approximate surface area is 153 Å². The molecule has 0 aliphatic heterocycles. The fraction of sp³-hybridized carbons (Fsp3) is 0.111. The van der Waals surface area contributed by atoms with E-state index < -0.39 is 5.91 Å². The molecule has 3 aromatic rings. The minimum absolute atomic E-state index is 0.275. The summed E-state index contributed by atoms with van der Waals surface area (Å²) in [7, 11) is 0. The van der Waals surface area contributed by atoms with Gasteiger partial charge in [-0.2, -0.15) is 4.99 Å². The predicted octanol–water partition coefficient (Wildman–Crippen LogP) is 4.69. The van der Waals surface area contributed by atoms with Gasteiger partial charge in [0.05, 0.1) is 27.3 Å². The van der Waals surface area contributed by atoms with Crippen molar-refractivity contribution < 1.29 is 4.79 Å². The zero-order valence-corrected chi connectivity index (χ0v) is 15.0. The number of fused-ring (bicyclic) bond motifs is 1. The van der Waals surface area contributed by atoms with Crippen molar-refractivity contribution in [1.29, 1.82) is 0 Å². The quantitative estimate of drug-likeness (QED) is 0.599.